The number of thiophene rings is 1. The maximum Gasteiger partial charge on any atom is 0.161 e. The number of hydrogen-bond acceptors (Lipinski definition) is 4. The minimum atomic E-state index is 0.131. The fourth-order valence-electron chi connectivity index (χ4n) is 1.90. The van der Waals surface area contributed by atoms with Crippen LogP contribution in [0.4, 0.5) is 0 Å². The smallest absolute Gasteiger partial charge is 0.161 e. The second kappa shape index (κ2) is 4.82. The van der Waals surface area contributed by atoms with E-state index in [4.69, 9.17) is 4.74 Å². The van der Waals surface area contributed by atoms with Gasteiger partial charge in [0.1, 0.15) is 12.4 Å². The number of aromatic hydroxyl groups is 2. The molecule has 3 rings (SSSR count). The van der Waals surface area contributed by atoms with E-state index in [-0.39, 0.29) is 11.5 Å². The summed E-state index contributed by atoms with van der Waals surface area (Å²) in [5, 5.41) is 20.4. The van der Waals surface area contributed by atoms with Crippen molar-refractivity contribution in [2.45, 2.75) is 6.61 Å². The van der Waals surface area contributed by atoms with E-state index in [0.29, 0.717) is 12.4 Å². The Hall–Kier alpha value is -2.20. The average Bonchev–Trinajstić information content (AvgIpc) is 2.82. The summed E-state index contributed by atoms with van der Waals surface area (Å²) in [4.78, 5) is 1.000. The van der Waals surface area contributed by atoms with Crippen molar-refractivity contribution in [2.24, 2.45) is 0 Å². The fraction of sp³-hybridized carbons (Fsp3) is 0.0667. The van der Waals surface area contributed by atoms with Crippen LogP contribution in [0.3, 0.4) is 0 Å². The number of phenols is 2. The second-order valence-electron chi connectivity index (χ2n) is 4.16. The number of rotatable bonds is 3. The molecule has 0 spiro atoms. The summed E-state index contributed by atoms with van der Waals surface area (Å²) in [7, 11) is 0. The average molecular weight is 272 g/mol. The Morgan fingerprint density at radius 1 is 0.947 bits per heavy atom. The van der Waals surface area contributed by atoms with Crippen LogP contribution >= 0.6 is 11.3 Å². The zero-order valence-electron chi connectivity index (χ0n) is 10.0. The van der Waals surface area contributed by atoms with Crippen molar-refractivity contribution in [1.29, 1.82) is 0 Å². The van der Waals surface area contributed by atoms with Gasteiger partial charge in [-0.1, -0.05) is 24.3 Å². The third-order valence-electron chi connectivity index (χ3n) is 2.81. The van der Waals surface area contributed by atoms with Crippen molar-refractivity contribution in [1.82, 2.24) is 0 Å². The number of ether oxygens (including phenoxy) is 1. The number of benzene rings is 2. The van der Waals surface area contributed by atoms with E-state index >= 15 is 0 Å². The Morgan fingerprint density at radius 3 is 2.53 bits per heavy atom. The van der Waals surface area contributed by atoms with Crippen LogP contribution in [0.1, 0.15) is 4.88 Å². The van der Waals surface area contributed by atoms with Crippen molar-refractivity contribution < 1.29 is 14.9 Å². The standard InChI is InChI=1S/C15H12O3S/c16-12-5-1-2-7-14(12)18-9-11-8-10-4-3-6-13(17)15(10)19-11/h1-8,16-17H,9H2. The monoisotopic (exact) mass is 272 g/mol. The molecule has 3 aromatic rings. The molecule has 0 aliphatic carbocycles. The number of para-hydroxylation sites is 2. The molecule has 96 valence electrons. The van der Waals surface area contributed by atoms with Gasteiger partial charge in [0.15, 0.2) is 11.5 Å². The molecule has 0 saturated carbocycles. The van der Waals surface area contributed by atoms with Crippen LogP contribution in [0.2, 0.25) is 0 Å². The first-order chi connectivity index (χ1) is 9.24. The van der Waals surface area contributed by atoms with Crippen LogP contribution in [-0.4, -0.2) is 10.2 Å². The van der Waals surface area contributed by atoms with Gasteiger partial charge >= 0.3 is 0 Å². The van der Waals surface area contributed by atoms with Gasteiger partial charge in [-0.25, -0.2) is 0 Å². The van der Waals surface area contributed by atoms with Gasteiger partial charge in [-0.15, -0.1) is 11.3 Å². The van der Waals surface area contributed by atoms with Crippen molar-refractivity contribution in [2.75, 3.05) is 0 Å². The molecule has 0 aliphatic heterocycles. The van der Waals surface area contributed by atoms with E-state index in [1.807, 2.05) is 24.3 Å². The second-order valence-corrected chi connectivity index (χ2v) is 5.30. The van der Waals surface area contributed by atoms with Crippen LogP contribution in [0.5, 0.6) is 17.2 Å². The van der Waals surface area contributed by atoms with Gasteiger partial charge < -0.3 is 14.9 Å². The van der Waals surface area contributed by atoms with E-state index in [1.54, 1.807) is 24.3 Å². The highest BCUT2D eigenvalue weighted by atomic mass is 32.1. The number of phenolic OH excluding ortho intramolecular Hbond substituents is 2. The Bertz CT molecular complexity index is 718. The number of hydrogen-bond donors (Lipinski definition) is 2. The first-order valence-corrected chi connectivity index (χ1v) is 6.67. The Morgan fingerprint density at radius 2 is 1.74 bits per heavy atom. The largest absolute Gasteiger partial charge is 0.506 e. The van der Waals surface area contributed by atoms with Gasteiger partial charge in [0.05, 0.1) is 4.70 Å². The molecule has 0 saturated heterocycles. The SMILES string of the molecule is Oc1ccccc1OCc1cc2cccc(O)c2s1. The van der Waals surface area contributed by atoms with Gasteiger partial charge in [-0.2, -0.15) is 0 Å². The summed E-state index contributed by atoms with van der Waals surface area (Å²) >= 11 is 1.49. The highest BCUT2D eigenvalue weighted by Crippen LogP contribution is 2.33. The molecule has 0 amide bonds. The molecule has 0 radical (unpaired) electrons. The van der Waals surface area contributed by atoms with E-state index in [2.05, 4.69) is 0 Å². The van der Waals surface area contributed by atoms with Crippen LogP contribution in [-0.2, 0) is 6.61 Å². The van der Waals surface area contributed by atoms with Crippen LogP contribution in [0, 0.1) is 0 Å². The summed E-state index contributed by atoms with van der Waals surface area (Å²) in [5.41, 5.74) is 0. The third kappa shape index (κ3) is 2.35. The quantitative estimate of drug-likeness (QED) is 0.760. The molecule has 0 bridgehead atoms. The lowest BCUT2D eigenvalue weighted by molar-refractivity contribution is 0.292. The predicted molar refractivity (Wildman–Crippen MR) is 75.9 cm³/mol. The summed E-state index contributed by atoms with van der Waals surface area (Å²) in [6.45, 7) is 0.371. The lowest BCUT2D eigenvalue weighted by atomic mass is 10.2. The van der Waals surface area contributed by atoms with Crippen LogP contribution in [0.15, 0.2) is 48.5 Å². The molecule has 3 nitrogen and oxygen atoms in total. The minimum Gasteiger partial charge on any atom is -0.506 e. The van der Waals surface area contributed by atoms with E-state index in [9.17, 15) is 10.2 Å². The van der Waals surface area contributed by atoms with Crippen molar-refractivity contribution >= 4 is 21.4 Å². The van der Waals surface area contributed by atoms with Gasteiger partial charge in [-0.3, -0.25) is 0 Å². The molecular formula is C15H12O3S. The summed E-state index contributed by atoms with van der Waals surface area (Å²) in [6, 6.07) is 14.3. The normalized spacial score (nSPS) is 10.7. The Balaban J connectivity index is 1.83. The molecule has 0 unspecified atom stereocenters. The maximum atomic E-state index is 9.74. The van der Waals surface area contributed by atoms with E-state index in [0.717, 1.165) is 15.0 Å². The van der Waals surface area contributed by atoms with Crippen molar-refractivity contribution in [3.05, 3.63) is 53.4 Å². The lowest BCUT2D eigenvalue weighted by Crippen LogP contribution is -1.92. The Labute approximate surface area is 114 Å². The molecule has 19 heavy (non-hydrogen) atoms. The van der Waals surface area contributed by atoms with Gasteiger partial charge in [-0.05, 0) is 29.7 Å². The minimum absolute atomic E-state index is 0.131. The summed E-state index contributed by atoms with van der Waals surface area (Å²) in [6.07, 6.45) is 0. The molecular weight excluding hydrogens is 260 g/mol. The van der Waals surface area contributed by atoms with Crippen molar-refractivity contribution in [3.63, 3.8) is 0 Å². The molecule has 2 aromatic carbocycles. The highest BCUT2D eigenvalue weighted by molar-refractivity contribution is 7.19. The first kappa shape index (κ1) is 11.9. The van der Waals surface area contributed by atoms with Gasteiger partial charge in [0.25, 0.3) is 0 Å². The lowest BCUT2D eigenvalue weighted by Gasteiger charge is -2.05. The molecule has 0 fully saturated rings. The van der Waals surface area contributed by atoms with Gasteiger partial charge in [0, 0.05) is 4.88 Å². The highest BCUT2D eigenvalue weighted by Gasteiger charge is 2.07. The van der Waals surface area contributed by atoms with Gasteiger partial charge in [0.2, 0.25) is 0 Å². The molecule has 0 atom stereocenters. The zero-order chi connectivity index (χ0) is 13.2. The molecule has 4 heteroatoms. The summed E-state index contributed by atoms with van der Waals surface area (Å²) < 4.78 is 6.43. The third-order valence-corrected chi connectivity index (χ3v) is 3.96. The molecule has 0 aliphatic rings. The predicted octanol–water partition coefficient (Wildman–Crippen LogP) is 3.89. The zero-order valence-corrected chi connectivity index (χ0v) is 10.9. The summed E-state index contributed by atoms with van der Waals surface area (Å²) in [5.74, 6) is 0.881. The molecule has 1 aromatic heterocycles. The fourth-order valence-corrected chi connectivity index (χ4v) is 2.88. The molecule has 2 N–H and O–H groups in total. The van der Waals surface area contributed by atoms with Crippen LogP contribution in [0.25, 0.3) is 10.1 Å². The molecule has 1 heterocycles. The first-order valence-electron chi connectivity index (χ1n) is 5.85. The van der Waals surface area contributed by atoms with E-state index in [1.165, 1.54) is 11.3 Å². The topological polar surface area (TPSA) is 49.7 Å². The van der Waals surface area contributed by atoms with Crippen LogP contribution < -0.4 is 4.74 Å². The Kier molecular flexibility index (Phi) is 3.01. The maximum absolute atomic E-state index is 9.74. The number of fused-ring (bicyclic) bond motifs is 1. The van der Waals surface area contributed by atoms with Crippen molar-refractivity contribution in [3.8, 4) is 17.2 Å². The van der Waals surface area contributed by atoms with E-state index < -0.39 is 0 Å².